The Balaban J connectivity index is 1.56. The van der Waals surface area contributed by atoms with Crippen LogP contribution in [0.15, 0.2) is 36.5 Å². The lowest BCUT2D eigenvalue weighted by Crippen LogP contribution is -2.41. The summed E-state index contributed by atoms with van der Waals surface area (Å²) in [6, 6.07) is 9.20. The zero-order chi connectivity index (χ0) is 17.6. The van der Waals surface area contributed by atoms with Crippen LogP contribution >= 0.6 is 0 Å². The van der Waals surface area contributed by atoms with Gasteiger partial charge >= 0.3 is 6.01 Å². The molecule has 0 saturated carbocycles. The zero-order valence-electron chi connectivity index (χ0n) is 14.3. The van der Waals surface area contributed by atoms with Crippen molar-refractivity contribution in [3.63, 3.8) is 0 Å². The predicted octanol–water partition coefficient (Wildman–Crippen LogP) is 2.18. The predicted molar refractivity (Wildman–Crippen MR) is 91.1 cm³/mol. The number of carbonyl (C=O) groups excluding carboxylic acids is 1. The first-order valence-corrected chi connectivity index (χ1v) is 8.16. The Morgan fingerprint density at radius 2 is 1.96 bits per heavy atom. The van der Waals surface area contributed by atoms with E-state index in [1.54, 1.807) is 31.5 Å². The Kier molecular flexibility index (Phi) is 5.33. The van der Waals surface area contributed by atoms with Crippen LogP contribution in [0.4, 0.5) is 0 Å². The summed E-state index contributed by atoms with van der Waals surface area (Å²) < 4.78 is 16.1. The fourth-order valence-corrected chi connectivity index (χ4v) is 2.78. The maximum Gasteiger partial charge on any atom is 0.319 e. The Morgan fingerprint density at radius 1 is 1.16 bits per heavy atom. The molecule has 25 heavy (non-hydrogen) atoms. The molecule has 2 heterocycles. The molecule has 0 radical (unpaired) electrons. The Hall–Kier alpha value is -2.83. The third-order valence-corrected chi connectivity index (χ3v) is 4.12. The summed E-state index contributed by atoms with van der Waals surface area (Å²) >= 11 is 0. The number of carbonyl (C=O) groups is 1. The maximum atomic E-state index is 12.6. The Labute approximate surface area is 146 Å². The Bertz CT molecular complexity index is 730. The third-order valence-electron chi connectivity index (χ3n) is 4.12. The second-order valence-corrected chi connectivity index (χ2v) is 5.72. The lowest BCUT2D eigenvalue weighted by molar-refractivity contribution is 0.0586. The van der Waals surface area contributed by atoms with Gasteiger partial charge in [-0.15, -0.1) is 0 Å². The van der Waals surface area contributed by atoms with Crippen LogP contribution in [0.25, 0.3) is 0 Å². The smallest absolute Gasteiger partial charge is 0.319 e. The first-order chi connectivity index (χ1) is 12.2. The largest absolute Gasteiger partial charge is 0.497 e. The van der Waals surface area contributed by atoms with Crippen molar-refractivity contribution in [3.8, 4) is 17.6 Å². The molecule has 1 aliphatic rings. The van der Waals surface area contributed by atoms with Crippen LogP contribution in [-0.4, -0.2) is 54.2 Å². The summed E-state index contributed by atoms with van der Waals surface area (Å²) in [6.45, 7) is 1.28. The van der Waals surface area contributed by atoms with Gasteiger partial charge in [0.2, 0.25) is 5.88 Å². The fraction of sp³-hybridized carbons (Fsp3) is 0.389. The van der Waals surface area contributed by atoms with Crippen molar-refractivity contribution in [3.05, 3.63) is 42.1 Å². The molecule has 2 aromatic rings. The van der Waals surface area contributed by atoms with Crippen molar-refractivity contribution in [2.75, 3.05) is 27.3 Å². The van der Waals surface area contributed by atoms with Crippen molar-refractivity contribution in [2.24, 2.45) is 0 Å². The van der Waals surface area contributed by atoms with Crippen LogP contribution in [-0.2, 0) is 0 Å². The van der Waals surface area contributed by atoms with E-state index in [9.17, 15) is 4.79 Å². The molecule has 0 aliphatic carbocycles. The number of rotatable bonds is 5. The highest BCUT2D eigenvalue weighted by Crippen LogP contribution is 2.21. The second kappa shape index (κ2) is 7.83. The quantitative estimate of drug-likeness (QED) is 0.828. The van der Waals surface area contributed by atoms with Gasteiger partial charge in [0.05, 0.1) is 14.2 Å². The summed E-state index contributed by atoms with van der Waals surface area (Å²) in [5.74, 6) is 1.19. The summed E-state index contributed by atoms with van der Waals surface area (Å²) in [5.41, 5.74) is 0.638. The van der Waals surface area contributed by atoms with Gasteiger partial charge in [-0.1, -0.05) is 6.07 Å². The number of aromatic nitrogens is 2. The van der Waals surface area contributed by atoms with Gasteiger partial charge in [0.15, 0.2) is 0 Å². The maximum absolute atomic E-state index is 12.6. The number of likely N-dealkylation sites (tertiary alicyclic amines) is 1. The first-order valence-electron chi connectivity index (χ1n) is 8.16. The van der Waals surface area contributed by atoms with Gasteiger partial charge in [-0.25, -0.2) is 4.98 Å². The number of nitrogens with zero attached hydrogens (tertiary/aromatic N) is 3. The molecule has 1 aliphatic heterocycles. The molecule has 1 amide bonds. The van der Waals surface area contributed by atoms with Gasteiger partial charge in [-0.3, -0.25) is 4.79 Å². The summed E-state index contributed by atoms with van der Waals surface area (Å²) in [5, 5.41) is 0. The van der Waals surface area contributed by atoms with Gasteiger partial charge in [0.25, 0.3) is 5.91 Å². The van der Waals surface area contributed by atoms with Crippen LogP contribution in [0.5, 0.6) is 17.6 Å². The summed E-state index contributed by atoms with van der Waals surface area (Å²) in [6.07, 6.45) is 3.13. The van der Waals surface area contributed by atoms with E-state index < -0.39 is 0 Å². The van der Waals surface area contributed by atoms with Gasteiger partial charge in [0.1, 0.15) is 11.9 Å². The highest BCUT2D eigenvalue weighted by atomic mass is 16.5. The number of piperidine rings is 1. The molecule has 132 valence electrons. The standard InChI is InChI=1S/C18H21N3O4/c1-23-15-5-3-4-13(12-15)17(22)21-10-7-14(8-11-21)25-16-6-9-19-18(20-16)24-2/h3-6,9,12,14H,7-8,10-11H2,1-2H3. The number of benzene rings is 1. The molecule has 0 spiro atoms. The molecular weight excluding hydrogens is 322 g/mol. The van der Waals surface area contributed by atoms with Crippen molar-refractivity contribution in [1.82, 2.24) is 14.9 Å². The number of methoxy groups -OCH3 is 2. The normalized spacial score (nSPS) is 14.9. The third kappa shape index (κ3) is 4.17. The van der Waals surface area contributed by atoms with Crippen LogP contribution in [0, 0.1) is 0 Å². The van der Waals surface area contributed by atoms with Crippen LogP contribution < -0.4 is 14.2 Å². The molecule has 1 fully saturated rings. The minimum Gasteiger partial charge on any atom is -0.497 e. The fourth-order valence-electron chi connectivity index (χ4n) is 2.78. The van der Waals surface area contributed by atoms with Crippen molar-refractivity contribution in [2.45, 2.75) is 18.9 Å². The van der Waals surface area contributed by atoms with E-state index >= 15 is 0 Å². The van der Waals surface area contributed by atoms with E-state index in [-0.39, 0.29) is 18.0 Å². The van der Waals surface area contributed by atoms with E-state index in [1.165, 1.54) is 7.11 Å². The molecule has 1 saturated heterocycles. The Morgan fingerprint density at radius 3 is 2.68 bits per heavy atom. The van der Waals surface area contributed by atoms with Crippen LogP contribution in [0.1, 0.15) is 23.2 Å². The van der Waals surface area contributed by atoms with Crippen molar-refractivity contribution in [1.29, 1.82) is 0 Å². The molecule has 0 unspecified atom stereocenters. The minimum absolute atomic E-state index is 0.0149. The van der Waals surface area contributed by atoms with Gasteiger partial charge in [0, 0.05) is 43.8 Å². The zero-order valence-corrected chi connectivity index (χ0v) is 14.3. The number of hydrogen-bond acceptors (Lipinski definition) is 6. The number of amides is 1. The molecule has 7 nitrogen and oxygen atoms in total. The highest BCUT2D eigenvalue weighted by Gasteiger charge is 2.25. The molecule has 1 aromatic carbocycles. The lowest BCUT2D eigenvalue weighted by Gasteiger charge is -2.32. The molecule has 1 aromatic heterocycles. The molecule has 0 bridgehead atoms. The average molecular weight is 343 g/mol. The van der Waals surface area contributed by atoms with E-state index in [4.69, 9.17) is 14.2 Å². The van der Waals surface area contributed by atoms with E-state index in [0.29, 0.717) is 30.3 Å². The average Bonchev–Trinajstić information content (AvgIpc) is 2.68. The number of ether oxygens (including phenoxy) is 3. The topological polar surface area (TPSA) is 73.8 Å². The van der Waals surface area contributed by atoms with Crippen molar-refractivity contribution >= 4 is 5.91 Å². The summed E-state index contributed by atoms with van der Waals surface area (Å²) in [4.78, 5) is 22.6. The SMILES string of the molecule is COc1cccc(C(=O)N2CCC(Oc3ccnc(OC)n3)CC2)c1. The van der Waals surface area contributed by atoms with Crippen LogP contribution in [0.3, 0.4) is 0 Å². The van der Waals surface area contributed by atoms with Gasteiger partial charge < -0.3 is 19.1 Å². The summed E-state index contributed by atoms with van der Waals surface area (Å²) in [7, 11) is 3.11. The van der Waals surface area contributed by atoms with E-state index in [1.807, 2.05) is 17.0 Å². The first kappa shape index (κ1) is 17.0. The monoisotopic (exact) mass is 343 g/mol. The molecular formula is C18H21N3O4. The lowest BCUT2D eigenvalue weighted by atomic mass is 10.1. The van der Waals surface area contributed by atoms with E-state index in [2.05, 4.69) is 9.97 Å². The molecule has 0 N–H and O–H groups in total. The number of hydrogen-bond donors (Lipinski definition) is 0. The molecule has 0 atom stereocenters. The minimum atomic E-state index is 0.0149. The van der Waals surface area contributed by atoms with Crippen LogP contribution in [0.2, 0.25) is 0 Å². The highest BCUT2D eigenvalue weighted by molar-refractivity contribution is 5.94. The van der Waals surface area contributed by atoms with E-state index in [0.717, 1.165) is 12.8 Å². The second-order valence-electron chi connectivity index (χ2n) is 5.72. The van der Waals surface area contributed by atoms with Crippen molar-refractivity contribution < 1.29 is 19.0 Å². The molecule has 7 heteroatoms. The van der Waals surface area contributed by atoms with Gasteiger partial charge in [-0.05, 0) is 18.2 Å². The molecule has 3 rings (SSSR count). The van der Waals surface area contributed by atoms with Gasteiger partial charge in [-0.2, -0.15) is 4.98 Å².